The van der Waals surface area contributed by atoms with Gasteiger partial charge in [-0.3, -0.25) is 4.79 Å². The van der Waals surface area contributed by atoms with Crippen LogP contribution in [0.4, 0.5) is 0 Å². The van der Waals surface area contributed by atoms with E-state index in [0.29, 0.717) is 10.3 Å². The summed E-state index contributed by atoms with van der Waals surface area (Å²) in [5.41, 5.74) is 0.592. The van der Waals surface area contributed by atoms with Gasteiger partial charge in [-0.25, -0.2) is 0 Å². The van der Waals surface area contributed by atoms with Crippen molar-refractivity contribution in [3.8, 4) is 0 Å². The van der Waals surface area contributed by atoms with Crippen LogP contribution in [0.25, 0.3) is 10.1 Å². The van der Waals surface area contributed by atoms with Gasteiger partial charge in [0.15, 0.2) is 0 Å². The van der Waals surface area contributed by atoms with Crippen molar-refractivity contribution in [1.82, 2.24) is 0 Å². The Morgan fingerprint density at radius 1 is 1.29 bits per heavy atom. The second-order valence-corrected chi connectivity index (χ2v) is 4.05. The van der Waals surface area contributed by atoms with Crippen LogP contribution in [0.2, 0.25) is 0 Å². The van der Waals surface area contributed by atoms with Gasteiger partial charge >= 0.3 is 7.12 Å². The minimum Gasteiger partial charge on any atom is -0.423 e. The van der Waals surface area contributed by atoms with Gasteiger partial charge in [-0.15, -0.1) is 11.3 Å². The zero-order valence-corrected chi connectivity index (χ0v) is 7.99. The number of carbonyl (C=O) groups is 1. The molecule has 0 atom stereocenters. The van der Waals surface area contributed by atoms with Crippen LogP contribution >= 0.6 is 11.3 Å². The Hall–Kier alpha value is -1.17. The average molecular weight is 206 g/mol. The highest BCUT2D eigenvalue weighted by Crippen LogP contribution is 2.19. The second-order valence-electron chi connectivity index (χ2n) is 2.94. The molecule has 2 N–H and O–H groups in total. The van der Waals surface area contributed by atoms with Gasteiger partial charge in [-0.1, -0.05) is 6.07 Å². The lowest BCUT2D eigenvalue weighted by molar-refractivity contribution is 0.112. The van der Waals surface area contributed by atoms with Crippen LogP contribution in [0.3, 0.4) is 0 Å². The summed E-state index contributed by atoms with van der Waals surface area (Å²) >= 11 is 1.31. The standard InChI is InChI=1S/C9H7BO3S/c11-5-6-1-2-8-7(3-6)4-9(14-8)10(12)13/h1-5,12-13H. The minimum absolute atomic E-state index is 0.489. The molecule has 0 aliphatic carbocycles. The first-order chi connectivity index (χ1) is 6.70. The van der Waals surface area contributed by atoms with Crippen molar-refractivity contribution in [2.75, 3.05) is 0 Å². The van der Waals surface area contributed by atoms with Crippen molar-refractivity contribution in [2.45, 2.75) is 0 Å². The number of fused-ring (bicyclic) bond motifs is 1. The lowest BCUT2D eigenvalue weighted by Crippen LogP contribution is -2.26. The summed E-state index contributed by atoms with van der Waals surface area (Å²) in [5.74, 6) is 0. The van der Waals surface area contributed by atoms with E-state index in [2.05, 4.69) is 0 Å². The third-order valence-corrected chi connectivity index (χ3v) is 3.11. The van der Waals surface area contributed by atoms with Gasteiger partial charge in [0.25, 0.3) is 0 Å². The molecule has 1 aromatic heterocycles. The largest absolute Gasteiger partial charge is 0.499 e. The fraction of sp³-hybridized carbons (Fsp3) is 0. The number of carbonyl (C=O) groups excluding carboxylic acids is 1. The Morgan fingerprint density at radius 2 is 2.07 bits per heavy atom. The molecule has 0 amide bonds. The number of thiophene rings is 1. The maximum absolute atomic E-state index is 10.5. The number of hydrogen-bond donors (Lipinski definition) is 2. The first kappa shape index (κ1) is 9.39. The molecule has 2 rings (SSSR count). The Kier molecular flexibility index (Phi) is 2.37. The molecule has 0 fully saturated rings. The van der Waals surface area contributed by atoms with E-state index < -0.39 is 7.12 Å². The predicted octanol–water partition coefficient (Wildman–Crippen LogP) is 0.394. The van der Waals surface area contributed by atoms with Crippen LogP contribution < -0.4 is 4.78 Å². The highest BCUT2D eigenvalue weighted by atomic mass is 32.1. The molecule has 14 heavy (non-hydrogen) atoms. The quantitative estimate of drug-likeness (QED) is 0.552. The Bertz CT molecular complexity index is 478. The molecular formula is C9H7BO3S. The van der Waals surface area contributed by atoms with Crippen molar-refractivity contribution >= 4 is 39.6 Å². The molecule has 0 spiro atoms. The smallest absolute Gasteiger partial charge is 0.423 e. The molecule has 0 aliphatic rings. The van der Waals surface area contributed by atoms with Crippen LogP contribution in [0, 0.1) is 0 Å². The Balaban J connectivity index is 2.59. The maximum Gasteiger partial charge on any atom is 0.499 e. The van der Waals surface area contributed by atoms with Crippen LogP contribution in [-0.4, -0.2) is 23.5 Å². The molecule has 0 saturated carbocycles. The molecule has 0 saturated heterocycles. The number of benzene rings is 1. The molecule has 0 radical (unpaired) electrons. The van der Waals surface area contributed by atoms with Crippen molar-refractivity contribution in [1.29, 1.82) is 0 Å². The monoisotopic (exact) mass is 206 g/mol. The average Bonchev–Trinajstić information content (AvgIpc) is 2.59. The predicted molar refractivity (Wildman–Crippen MR) is 57.0 cm³/mol. The maximum atomic E-state index is 10.5. The van der Waals surface area contributed by atoms with Gasteiger partial charge in [-0.05, 0) is 23.6 Å². The molecule has 1 aromatic carbocycles. The zero-order chi connectivity index (χ0) is 10.1. The number of hydrogen-bond acceptors (Lipinski definition) is 4. The van der Waals surface area contributed by atoms with E-state index in [1.54, 1.807) is 24.3 Å². The molecule has 2 aromatic rings. The topological polar surface area (TPSA) is 57.5 Å². The van der Waals surface area contributed by atoms with Gasteiger partial charge in [0.1, 0.15) is 6.29 Å². The van der Waals surface area contributed by atoms with E-state index in [1.807, 2.05) is 0 Å². The first-order valence-corrected chi connectivity index (χ1v) is 4.87. The fourth-order valence-corrected chi connectivity index (χ4v) is 2.20. The fourth-order valence-electron chi connectivity index (χ4n) is 1.28. The van der Waals surface area contributed by atoms with E-state index in [0.717, 1.165) is 16.4 Å². The highest BCUT2D eigenvalue weighted by Gasteiger charge is 2.14. The van der Waals surface area contributed by atoms with Gasteiger partial charge in [0, 0.05) is 15.0 Å². The SMILES string of the molecule is O=Cc1ccc2sc(B(O)O)cc2c1. The molecular weight excluding hydrogens is 199 g/mol. The van der Waals surface area contributed by atoms with Crippen LogP contribution in [0.5, 0.6) is 0 Å². The van der Waals surface area contributed by atoms with E-state index in [4.69, 9.17) is 10.0 Å². The number of aldehydes is 1. The summed E-state index contributed by atoms with van der Waals surface area (Å²) in [5, 5.41) is 18.8. The lowest BCUT2D eigenvalue weighted by atomic mass is 9.89. The summed E-state index contributed by atoms with van der Waals surface area (Å²) in [4.78, 5) is 10.5. The van der Waals surface area contributed by atoms with Crippen molar-refractivity contribution in [3.05, 3.63) is 29.8 Å². The summed E-state index contributed by atoms with van der Waals surface area (Å²) in [6.07, 6.45) is 0.770. The van der Waals surface area contributed by atoms with Crippen LogP contribution in [-0.2, 0) is 0 Å². The third kappa shape index (κ3) is 1.57. The summed E-state index contributed by atoms with van der Waals surface area (Å²) in [6, 6.07) is 6.91. The van der Waals surface area contributed by atoms with E-state index >= 15 is 0 Å². The Morgan fingerprint density at radius 3 is 2.71 bits per heavy atom. The molecule has 0 unspecified atom stereocenters. The minimum atomic E-state index is -1.44. The summed E-state index contributed by atoms with van der Waals surface area (Å²) < 4.78 is 1.43. The molecule has 0 bridgehead atoms. The lowest BCUT2D eigenvalue weighted by Gasteiger charge is -1.89. The Labute approximate surface area is 84.8 Å². The van der Waals surface area contributed by atoms with Crippen LogP contribution in [0.1, 0.15) is 10.4 Å². The van der Waals surface area contributed by atoms with Gasteiger partial charge in [-0.2, -0.15) is 0 Å². The molecule has 70 valence electrons. The number of rotatable bonds is 2. The molecule has 1 heterocycles. The highest BCUT2D eigenvalue weighted by molar-refractivity contribution is 7.27. The van der Waals surface area contributed by atoms with Crippen molar-refractivity contribution in [3.63, 3.8) is 0 Å². The van der Waals surface area contributed by atoms with Gasteiger partial charge < -0.3 is 10.0 Å². The van der Waals surface area contributed by atoms with E-state index in [-0.39, 0.29) is 0 Å². The first-order valence-electron chi connectivity index (χ1n) is 4.05. The van der Waals surface area contributed by atoms with E-state index in [1.165, 1.54) is 11.3 Å². The molecule has 3 nitrogen and oxygen atoms in total. The third-order valence-electron chi connectivity index (χ3n) is 1.95. The second kappa shape index (κ2) is 3.53. The summed E-state index contributed by atoms with van der Waals surface area (Å²) in [6.45, 7) is 0. The van der Waals surface area contributed by atoms with Crippen molar-refractivity contribution in [2.24, 2.45) is 0 Å². The normalized spacial score (nSPS) is 10.4. The van der Waals surface area contributed by atoms with Crippen LogP contribution in [0.15, 0.2) is 24.3 Å². The zero-order valence-electron chi connectivity index (χ0n) is 7.18. The van der Waals surface area contributed by atoms with Crippen molar-refractivity contribution < 1.29 is 14.8 Å². The summed E-state index contributed by atoms with van der Waals surface area (Å²) in [7, 11) is -1.44. The molecule has 5 heteroatoms. The van der Waals surface area contributed by atoms with Gasteiger partial charge in [0.2, 0.25) is 0 Å². The van der Waals surface area contributed by atoms with Gasteiger partial charge in [0.05, 0.1) is 0 Å². The molecule has 0 aliphatic heterocycles. The van der Waals surface area contributed by atoms with E-state index in [9.17, 15) is 4.79 Å².